The smallest absolute Gasteiger partial charge is 0.0647 e. The molecule has 1 heterocycles. The predicted molar refractivity (Wildman–Crippen MR) is 60.7 cm³/mol. The lowest BCUT2D eigenvalue weighted by molar-refractivity contribution is 0.0764. The molecule has 0 spiro atoms. The van der Waals surface area contributed by atoms with Crippen molar-refractivity contribution in [3.63, 3.8) is 0 Å². The molecule has 0 bridgehead atoms. The van der Waals surface area contributed by atoms with E-state index in [2.05, 4.69) is 5.32 Å². The van der Waals surface area contributed by atoms with Crippen molar-refractivity contribution in [3.8, 4) is 0 Å². The monoisotopic (exact) mass is 219 g/mol. The highest BCUT2D eigenvalue weighted by Crippen LogP contribution is 2.20. The first-order valence-corrected chi connectivity index (χ1v) is 6.49. The number of nitrogens with one attached hydrogen (secondary N) is 1. The summed E-state index contributed by atoms with van der Waals surface area (Å²) >= 11 is 1.98. The lowest BCUT2D eigenvalue weighted by Crippen LogP contribution is -2.56. The summed E-state index contributed by atoms with van der Waals surface area (Å²) < 4.78 is 0. The Morgan fingerprint density at radius 2 is 1.86 bits per heavy atom. The van der Waals surface area contributed by atoms with Gasteiger partial charge in [-0.25, -0.2) is 0 Å². The molecule has 84 valence electrons. The summed E-state index contributed by atoms with van der Waals surface area (Å²) in [7, 11) is 0. The van der Waals surface area contributed by atoms with Gasteiger partial charge in [-0.2, -0.15) is 11.8 Å². The minimum Gasteiger partial charge on any atom is -0.394 e. The molecule has 4 heteroatoms. The fourth-order valence-electron chi connectivity index (χ4n) is 1.74. The van der Waals surface area contributed by atoms with Crippen molar-refractivity contribution in [1.82, 2.24) is 5.32 Å². The minimum absolute atomic E-state index is 0.0175. The van der Waals surface area contributed by atoms with E-state index in [1.165, 1.54) is 11.5 Å². The molecule has 3 N–H and O–H groups in total. The molecule has 0 aromatic carbocycles. The molecule has 0 amide bonds. The van der Waals surface area contributed by atoms with Crippen LogP contribution in [0.2, 0.25) is 0 Å². The summed E-state index contributed by atoms with van der Waals surface area (Å²) in [5.74, 6) is 2.38. The molecule has 0 radical (unpaired) electrons. The SMILES string of the molecule is CCC(CO)(CO)NC1CCSCC1. The van der Waals surface area contributed by atoms with Crippen LogP contribution in [0.15, 0.2) is 0 Å². The zero-order valence-electron chi connectivity index (χ0n) is 8.83. The third kappa shape index (κ3) is 3.12. The van der Waals surface area contributed by atoms with Crippen molar-refractivity contribution in [2.45, 2.75) is 37.8 Å². The van der Waals surface area contributed by atoms with Crippen molar-refractivity contribution in [2.75, 3.05) is 24.7 Å². The van der Waals surface area contributed by atoms with E-state index >= 15 is 0 Å². The van der Waals surface area contributed by atoms with Crippen LogP contribution in [0, 0.1) is 0 Å². The zero-order chi connectivity index (χ0) is 10.4. The second-order valence-corrected chi connectivity index (χ2v) is 5.21. The third-order valence-corrected chi connectivity index (χ3v) is 4.06. The Hall–Kier alpha value is 0.230. The number of aliphatic hydroxyl groups is 2. The van der Waals surface area contributed by atoms with Crippen LogP contribution in [0.4, 0.5) is 0 Å². The molecule has 0 aromatic rings. The maximum Gasteiger partial charge on any atom is 0.0647 e. The molecule has 0 unspecified atom stereocenters. The molecule has 3 nitrogen and oxygen atoms in total. The van der Waals surface area contributed by atoms with Gasteiger partial charge in [-0.05, 0) is 30.8 Å². The van der Waals surface area contributed by atoms with Gasteiger partial charge in [0, 0.05) is 6.04 Å². The molecule has 0 saturated carbocycles. The minimum atomic E-state index is -0.466. The molecule has 1 aliphatic rings. The van der Waals surface area contributed by atoms with Crippen molar-refractivity contribution in [3.05, 3.63) is 0 Å². The Morgan fingerprint density at radius 3 is 2.29 bits per heavy atom. The number of rotatable bonds is 5. The highest BCUT2D eigenvalue weighted by molar-refractivity contribution is 7.99. The van der Waals surface area contributed by atoms with E-state index in [9.17, 15) is 10.2 Å². The van der Waals surface area contributed by atoms with E-state index in [-0.39, 0.29) is 13.2 Å². The normalized spacial score (nSPS) is 19.9. The van der Waals surface area contributed by atoms with Crippen molar-refractivity contribution in [1.29, 1.82) is 0 Å². The number of hydrogen-bond acceptors (Lipinski definition) is 4. The summed E-state index contributed by atoms with van der Waals surface area (Å²) in [5, 5.41) is 22.0. The van der Waals surface area contributed by atoms with Gasteiger partial charge in [0.2, 0.25) is 0 Å². The largest absolute Gasteiger partial charge is 0.394 e. The molecule has 0 aliphatic carbocycles. The van der Waals surface area contributed by atoms with Crippen LogP contribution in [0.3, 0.4) is 0 Å². The van der Waals surface area contributed by atoms with Crippen LogP contribution < -0.4 is 5.32 Å². The molecule has 1 fully saturated rings. The standard InChI is InChI=1S/C10H21NO2S/c1-2-10(7-12,8-13)11-9-3-5-14-6-4-9/h9,11-13H,2-8H2,1H3. The van der Waals surface area contributed by atoms with Crippen LogP contribution in [0.5, 0.6) is 0 Å². The summed E-state index contributed by atoms with van der Waals surface area (Å²) in [5.41, 5.74) is -0.466. The Kier molecular flexibility index (Phi) is 5.23. The van der Waals surface area contributed by atoms with E-state index in [1.54, 1.807) is 0 Å². The molecule has 1 rings (SSSR count). The highest BCUT2D eigenvalue weighted by atomic mass is 32.2. The summed E-state index contributed by atoms with van der Waals surface area (Å²) in [6.45, 7) is 2.03. The Morgan fingerprint density at radius 1 is 1.29 bits per heavy atom. The van der Waals surface area contributed by atoms with Gasteiger partial charge >= 0.3 is 0 Å². The Bertz CT molecular complexity index is 148. The second kappa shape index (κ2) is 5.95. The van der Waals surface area contributed by atoms with Crippen LogP contribution >= 0.6 is 11.8 Å². The first kappa shape index (κ1) is 12.3. The van der Waals surface area contributed by atoms with Gasteiger partial charge in [0.1, 0.15) is 0 Å². The van der Waals surface area contributed by atoms with Gasteiger partial charge in [-0.15, -0.1) is 0 Å². The molecule has 1 saturated heterocycles. The number of hydrogen-bond donors (Lipinski definition) is 3. The lowest BCUT2D eigenvalue weighted by Gasteiger charge is -2.36. The Balaban J connectivity index is 2.44. The first-order chi connectivity index (χ1) is 6.76. The zero-order valence-corrected chi connectivity index (χ0v) is 9.65. The van der Waals surface area contributed by atoms with E-state index in [1.807, 2.05) is 18.7 Å². The summed E-state index contributed by atoms with van der Waals surface area (Å²) in [6, 6.07) is 0.468. The Labute approximate surface area is 90.3 Å². The molecule has 0 atom stereocenters. The van der Waals surface area contributed by atoms with Crippen LogP contribution in [-0.4, -0.2) is 46.5 Å². The van der Waals surface area contributed by atoms with Crippen molar-refractivity contribution < 1.29 is 10.2 Å². The molecule has 1 aliphatic heterocycles. The molecule has 0 aromatic heterocycles. The van der Waals surface area contributed by atoms with Gasteiger partial charge in [-0.3, -0.25) is 0 Å². The maximum absolute atomic E-state index is 9.28. The molecular weight excluding hydrogens is 198 g/mol. The van der Waals surface area contributed by atoms with Crippen molar-refractivity contribution in [2.24, 2.45) is 0 Å². The fraction of sp³-hybridized carbons (Fsp3) is 1.00. The molecule has 14 heavy (non-hydrogen) atoms. The average Bonchev–Trinajstić information content (AvgIpc) is 2.28. The van der Waals surface area contributed by atoms with Gasteiger partial charge in [-0.1, -0.05) is 6.92 Å². The third-order valence-electron chi connectivity index (χ3n) is 3.01. The van der Waals surface area contributed by atoms with Gasteiger partial charge in [0.15, 0.2) is 0 Å². The van der Waals surface area contributed by atoms with Gasteiger partial charge < -0.3 is 15.5 Å². The number of aliphatic hydroxyl groups excluding tert-OH is 2. The van der Waals surface area contributed by atoms with Gasteiger partial charge in [0.25, 0.3) is 0 Å². The summed E-state index contributed by atoms with van der Waals surface area (Å²) in [6.07, 6.45) is 3.06. The topological polar surface area (TPSA) is 52.5 Å². The van der Waals surface area contributed by atoms with Crippen LogP contribution in [0.25, 0.3) is 0 Å². The van der Waals surface area contributed by atoms with Crippen LogP contribution in [0.1, 0.15) is 26.2 Å². The average molecular weight is 219 g/mol. The fourth-order valence-corrected chi connectivity index (χ4v) is 2.85. The summed E-state index contributed by atoms with van der Waals surface area (Å²) in [4.78, 5) is 0. The van der Waals surface area contributed by atoms with E-state index in [0.717, 1.165) is 19.3 Å². The lowest BCUT2D eigenvalue weighted by atomic mass is 9.95. The van der Waals surface area contributed by atoms with Crippen molar-refractivity contribution >= 4 is 11.8 Å². The van der Waals surface area contributed by atoms with Crippen LogP contribution in [-0.2, 0) is 0 Å². The second-order valence-electron chi connectivity index (χ2n) is 3.98. The maximum atomic E-state index is 9.28. The first-order valence-electron chi connectivity index (χ1n) is 5.33. The van der Waals surface area contributed by atoms with Gasteiger partial charge in [0.05, 0.1) is 18.8 Å². The number of thioether (sulfide) groups is 1. The van der Waals surface area contributed by atoms with E-state index in [0.29, 0.717) is 6.04 Å². The highest BCUT2D eigenvalue weighted by Gasteiger charge is 2.29. The van der Waals surface area contributed by atoms with E-state index in [4.69, 9.17) is 0 Å². The molecular formula is C10H21NO2S. The van der Waals surface area contributed by atoms with E-state index < -0.39 is 5.54 Å². The quantitative estimate of drug-likeness (QED) is 0.634. The predicted octanol–water partition coefficient (Wildman–Crippen LogP) is 0.605.